The number of nitrogens with zero attached hydrogens (tertiary/aromatic N) is 1. The summed E-state index contributed by atoms with van der Waals surface area (Å²) in [5.74, 6) is -0.223. The molecule has 21 heavy (non-hydrogen) atoms. The van der Waals surface area contributed by atoms with Crippen LogP contribution >= 0.6 is 0 Å². The number of amides is 1. The Morgan fingerprint density at radius 2 is 1.95 bits per heavy atom. The van der Waals surface area contributed by atoms with Crippen LogP contribution in [0.2, 0.25) is 0 Å². The summed E-state index contributed by atoms with van der Waals surface area (Å²) in [4.78, 5) is 16.4. The van der Waals surface area contributed by atoms with Gasteiger partial charge in [-0.2, -0.15) is 0 Å². The highest BCUT2D eigenvalue weighted by Gasteiger charge is 2.27. The number of pyridine rings is 1. The van der Waals surface area contributed by atoms with Gasteiger partial charge in [0.05, 0.1) is 12.1 Å². The summed E-state index contributed by atoms with van der Waals surface area (Å²) in [5, 5.41) is 12.7. The Balaban J connectivity index is 1.78. The predicted molar refractivity (Wildman–Crippen MR) is 80.8 cm³/mol. The van der Waals surface area contributed by atoms with Gasteiger partial charge in [0, 0.05) is 6.20 Å². The zero-order chi connectivity index (χ0) is 14.7. The van der Waals surface area contributed by atoms with Crippen LogP contribution in [-0.2, 0) is 0 Å². The fourth-order valence-corrected chi connectivity index (χ4v) is 2.72. The van der Waals surface area contributed by atoms with Gasteiger partial charge in [-0.1, -0.05) is 30.3 Å². The van der Waals surface area contributed by atoms with Crippen LogP contribution in [0.15, 0.2) is 48.7 Å². The summed E-state index contributed by atoms with van der Waals surface area (Å²) in [6.45, 7) is 0. The molecule has 1 aliphatic carbocycles. The zero-order valence-corrected chi connectivity index (χ0v) is 11.7. The number of carbonyl (C=O) groups excluding carboxylic acids is 1. The molecule has 1 aromatic carbocycles. The van der Waals surface area contributed by atoms with Gasteiger partial charge in [0.1, 0.15) is 5.69 Å². The molecule has 108 valence electrons. The molecule has 1 fully saturated rings. The van der Waals surface area contributed by atoms with Crippen LogP contribution in [0.4, 0.5) is 0 Å². The van der Waals surface area contributed by atoms with Crippen LogP contribution in [0.1, 0.15) is 29.8 Å². The van der Waals surface area contributed by atoms with Crippen molar-refractivity contribution in [3.8, 4) is 11.1 Å². The van der Waals surface area contributed by atoms with Gasteiger partial charge in [-0.25, -0.2) is 0 Å². The van der Waals surface area contributed by atoms with E-state index in [-0.39, 0.29) is 11.9 Å². The van der Waals surface area contributed by atoms with E-state index in [1.807, 2.05) is 36.4 Å². The molecule has 2 aromatic rings. The molecule has 0 radical (unpaired) electrons. The maximum absolute atomic E-state index is 12.2. The first-order valence-electron chi connectivity index (χ1n) is 7.24. The van der Waals surface area contributed by atoms with Gasteiger partial charge in [0.15, 0.2) is 0 Å². The lowest BCUT2D eigenvalue weighted by Crippen LogP contribution is -2.40. The largest absolute Gasteiger partial charge is 0.391 e. The third kappa shape index (κ3) is 3.11. The standard InChI is InChI=1S/C17H18N2O2/c20-16-8-4-7-14(16)19-17(21)15-11-13(9-10-18-15)12-5-2-1-3-6-12/h1-3,5-6,9-11,14,16,20H,4,7-8H2,(H,19,21)/t14-,16-/m0/s1. The summed E-state index contributed by atoms with van der Waals surface area (Å²) in [6, 6.07) is 13.4. The van der Waals surface area contributed by atoms with E-state index < -0.39 is 6.10 Å². The van der Waals surface area contributed by atoms with Crippen molar-refractivity contribution in [3.05, 3.63) is 54.4 Å². The number of nitrogens with one attached hydrogen (secondary N) is 1. The summed E-state index contributed by atoms with van der Waals surface area (Å²) in [6.07, 6.45) is 3.73. The second-order valence-corrected chi connectivity index (χ2v) is 5.37. The van der Waals surface area contributed by atoms with Crippen molar-refractivity contribution in [2.24, 2.45) is 0 Å². The molecule has 0 saturated heterocycles. The van der Waals surface area contributed by atoms with E-state index >= 15 is 0 Å². The normalized spacial score (nSPS) is 21.2. The molecule has 1 aliphatic rings. The van der Waals surface area contributed by atoms with Crippen molar-refractivity contribution >= 4 is 5.91 Å². The molecule has 0 bridgehead atoms. The number of carbonyl (C=O) groups is 1. The van der Waals surface area contributed by atoms with Gasteiger partial charge in [0.25, 0.3) is 5.91 Å². The number of hydrogen-bond acceptors (Lipinski definition) is 3. The van der Waals surface area contributed by atoms with E-state index in [9.17, 15) is 9.90 Å². The van der Waals surface area contributed by atoms with Crippen LogP contribution in [0.5, 0.6) is 0 Å². The van der Waals surface area contributed by atoms with E-state index in [2.05, 4.69) is 10.3 Å². The molecular formula is C17H18N2O2. The average Bonchev–Trinajstić information content (AvgIpc) is 2.93. The minimum absolute atomic E-state index is 0.153. The van der Waals surface area contributed by atoms with Crippen molar-refractivity contribution in [3.63, 3.8) is 0 Å². The Kier molecular flexibility index (Phi) is 3.97. The Hall–Kier alpha value is -2.20. The molecule has 1 heterocycles. The number of benzene rings is 1. The number of aliphatic hydroxyl groups is 1. The topological polar surface area (TPSA) is 62.2 Å². The van der Waals surface area contributed by atoms with Gasteiger partial charge < -0.3 is 10.4 Å². The molecule has 0 spiro atoms. The van der Waals surface area contributed by atoms with Gasteiger partial charge in [-0.15, -0.1) is 0 Å². The lowest BCUT2D eigenvalue weighted by molar-refractivity contribution is 0.0868. The number of rotatable bonds is 3. The highest BCUT2D eigenvalue weighted by Crippen LogP contribution is 2.21. The van der Waals surface area contributed by atoms with Crippen LogP contribution < -0.4 is 5.32 Å². The van der Waals surface area contributed by atoms with E-state index in [0.29, 0.717) is 5.69 Å². The predicted octanol–water partition coefficient (Wildman–Crippen LogP) is 2.39. The van der Waals surface area contributed by atoms with Crippen LogP contribution in [0.25, 0.3) is 11.1 Å². The van der Waals surface area contributed by atoms with Gasteiger partial charge in [-0.05, 0) is 42.5 Å². The molecule has 1 saturated carbocycles. The van der Waals surface area contributed by atoms with Crippen molar-refractivity contribution in [2.45, 2.75) is 31.4 Å². The number of aromatic nitrogens is 1. The average molecular weight is 282 g/mol. The zero-order valence-electron chi connectivity index (χ0n) is 11.7. The summed E-state index contributed by atoms with van der Waals surface area (Å²) >= 11 is 0. The second-order valence-electron chi connectivity index (χ2n) is 5.37. The SMILES string of the molecule is O=C(N[C@H]1CCC[C@@H]1O)c1cc(-c2ccccc2)ccn1. The molecule has 0 unspecified atom stereocenters. The van der Waals surface area contributed by atoms with E-state index in [1.54, 1.807) is 12.3 Å². The Bertz CT molecular complexity index is 628. The fourth-order valence-electron chi connectivity index (χ4n) is 2.72. The first kappa shape index (κ1) is 13.8. The minimum Gasteiger partial charge on any atom is -0.391 e. The Morgan fingerprint density at radius 3 is 2.67 bits per heavy atom. The monoisotopic (exact) mass is 282 g/mol. The summed E-state index contributed by atoms with van der Waals surface area (Å²) in [7, 11) is 0. The van der Waals surface area contributed by atoms with Gasteiger partial charge >= 0.3 is 0 Å². The number of aliphatic hydroxyl groups excluding tert-OH is 1. The van der Waals surface area contributed by atoms with Crippen molar-refractivity contribution in [1.29, 1.82) is 0 Å². The maximum Gasteiger partial charge on any atom is 0.270 e. The molecule has 3 rings (SSSR count). The quantitative estimate of drug-likeness (QED) is 0.908. The lowest BCUT2D eigenvalue weighted by Gasteiger charge is -2.16. The summed E-state index contributed by atoms with van der Waals surface area (Å²) < 4.78 is 0. The third-order valence-electron chi connectivity index (χ3n) is 3.90. The first-order chi connectivity index (χ1) is 10.2. The van der Waals surface area contributed by atoms with Crippen LogP contribution in [0.3, 0.4) is 0 Å². The van der Waals surface area contributed by atoms with Crippen LogP contribution in [-0.4, -0.2) is 28.1 Å². The first-order valence-corrected chi connectivity index (χ1v) is 7.24. The Morgan fingerprint density at radius 1 is 1.14 bits per heavy atom. The maximum atomic E-state index is 12.2. The van der Waals surface area contributed by atoms with E-state index in [1.165, 1.54) is 0 Å². The van der Waals surface area contributed by atoms with Crippen molar-refractivity contribution in [2.75, 3.05) is 0 Å². The summed E-state index contributed by atoms with van der Waals surface area (Å²) in [5.41, 5.74) is 2.40. The van der Waals surface area contributed by atoms with Gasteiger partial charge in [-0.3, -0.25) is 9.78 Å². The molecule has 2 N–H and O–H groups in total. The molecule has 4 heteroatoms. The Labute approximate surface area is 123 Å². The fraction of sp³-hybridized carbons (Fsp3) is 0.294. The molecular weight excluding hydrogens is 264 g/mol. The molecule has 0 aliphatic heterocycles. The third-order valence-corrected chi connectivity index (χ3v) is 3.90. The molecule has 1 amide bonds. The van der Waals surface area contributed by atoms with Crippen LogP contribution in [0, 0.1) is 0 Å². The molecule has 2 atom stereocenters. The molecule has 4 nitrogen and oxygen atoms in total. The lowest BCUT2D eigenvalue weighted by atomic mass is 10.1. The smallest absolute Gasteiger partial charge is 0.270 e. The van der Waals surface area contributed by atoms with Crippen molar-refractivity contribution in [1.82, 2.24) is 10.3 Å². The molecule has 1 aromatic heterocycles. The minimum atomic E-state index is -0.439. The highest BCUT2D eigenvalue weighted by molar-refractivity contribution is 5.93. The van der Waals surface area contributed by atoms with Gasteiger partial charge in [0.2, 0.25) is 0 Å². The van der Waals surface area contributed by atoms with Crippen molar-refractivity contribution < 1.29 is 9.90 Å². The van der Waals surface area contributed by atoms with E-state index in [4.69, 9.17) is 0 Å². The van der Waals surface area contributed by atoms with E-state index in [0.717, 1.165) is 30.4 Å². The number of hydrogen-bond donors (Lipinski definition) is 2. The highest BCUT2D eigenvalue weighted by atomic mass is 16.3. The second kappa shape index (κ2) is 6.06.